The van der Waals surface area contributed by atoms with Gasteiger partial charge >= 0.3 is 0 Å². The first-order valence-electron chi connectivity index (χ1n) is 5.98. The highest BCUT2D eigenvalue weighted by Crippen LogP contribution is 2.14. The maximum absolute atomic E-state index is 5.38. The zero-order valence-corrected chi connectivity index (χ0v) is 10.7. The lowest BCUT2D eigenvalue weighted by atomic mass is 9.98. The molecule has 1 N–H and O–H groups in total. The Morgan fingerprint density at radius 3 is 2.80 bits per heavy atom. The summed E-state index contributed by atoms with van der Waals surface area (Å²) in [6.45, 7) is 8.79. The van der Waals surface area contributed by atoms with E-state index in [9.17, 15) is 0 Å². The minimum atomic E-state index is -0.0411. The van der Waals surface area contributed by atoms with Crippen molar-refractivity contribution < 1.29 is 4.74 Å². The first kappa shape index (κ1) is 12.9. The van der Waals surface area contributed by atoms with E-state index in [0.29, 0.717) is 0 Å². The molecule has 3 nitrogen and oxygen atoms in total. The number of ether oxygens (including phenoxy) is 1. The normalized spacial score (nSPS) is 24.4. The van der Waals surface area contributed by atoms with Gasteiger partial charge in [-0.3, -0.25) is 0 Å². The van der Waals surface area contributed by atoms with Gasteiger partial charge in [-0.1, -0.05) is 0 Å². The lowest BCUT2D eigenvalue weighted by Gasteiger charge is -2.31. The van der Waals surface area contributed by atoms with Gasteiger partial charge in [0.2, 0.25) is 0 Å². The quantitative estimate of drug-likeness (QED) is 0.747. The molecular formula is C12H26N2O. The van der Waals surface area contributed by atoms with Gasteiger partial charge in [-0.05, 0) is 52.7 Å². The summed E-state index contributed by atoms with van der Waals surface area (Å²) in [7, 11) is 3.99. The summed E-state index contributed by atoms with van der Waals surface area (Å²) in [5.41, 5.74) is -0.0411. The lowest BCUT2D eigenvalue weighted by molar-refractivity contribution is 0.0220. The van der Waals surface area contributed by atoms with E-state index in [1.54, 1.807) is 7.11 Å². The predicted octanol–water partition coefficient (Wildman–Crippen LogP) is 1.34. The molecule has 1 unspecified atom stereocenters. The van der Waals surface area contributed by atoms with Crippen LogP contribution in [0.1, 0.15) is 26.7 Å². The Balaban J connectivity index is 2.14. The Kier molecular flexibility index (Phi) is 5.03. The van der Waals surface area contributed by atoms with Crippen molar-refractivity contribution in [2.24, 2.45) is 5.92 Å². The van der Waals surface area contributed by atoms with Crippen LogP contribution in [0.2, 0.25) is 0 Å². The maximum Gasteiger partial charge on any atom is 0.0746 e. The van der Waals surface area contributed by atoms with E-state index in [1.807, 2.05) is 0 Å². The molecule has 0 saturated carbocycles. The second-order valence-electron chi connectivity index (χ2n) is 5.37. The average molecular weight is 214 g/mol. The Hall–Kier alpha value is -0.120. The van der Waals surface area contributed by atoms with Crippen LogP contribution in [0.15, 0.2) is 0 Å². The number of nitrogens with one attached hydrogen (secondary N) is 1. The molecule has 1 aliphatic rings. The summed E-state index contributed by atoms with van der Waals surface area (Å²) in [5.74, 6) is 0.816. The number of hydrogen-bond donors (Lipinski definition) is 1. The fourth-order valence-corrected chi connectivity index (χ4v) is 2.09. The summed E-state index contributed by atoms with van der Waals surface area (Å²) < 4.78 is 5.38. The largest absolute Gasteiger partial charge is 0.377 e. The molecule has 1 rings (SSSR count). The molecule has 1 aliphatic heterocycles. The summed E-state index contributed by atoms with van der Waals surface area (Å²) >= 11 is 0. The predicted molar refractivity (Wildman–Crippen MR) is 64.2 cm³/mol. The maximum atomic E-state index is 5.38. The van der Waals surface area contributed by atoms with Gasteiger partial charge in [-0.15, -0.1) is 0 Å². The lowest BCUT2D eigenvalue weighted by Crippen LogP contribution is -2.42. The molecule has 3 heteroatoms. The first-order valence-corrected chi connectivity index (χ1v) is 5.98. The van der Waals surface area contributed by atoms with Crippen molar-refractivity contribution in [1.82, 2.24) is 10.2 Å². The Morgan fingerprint density at radius 1 is 1.47 bits per heavy atom. The zero-order chi connectivity index (χ0) is 11.3. The zero-order valence-electron chi connectivity index (χ0n) is 10.7. The molecule has 15 heavy (non-hydrogen) atoms. The molecule has 0 aliphatic carbocycles. The van der Waals surface area contributed by atoms with Crippen molar-refractivity contribution in [3.8, 4) is 0 Å². The van der Waals surface area contributed by atoms with Crippen molar-refractivity contribution in [1.29, 1.82) is 0 Å². The minimum Gasteiger partial charge on any atom is -0.377 e. The molecule has 90 valence electrons. The molecule has 0 aromatic heterocycles. The van der Waals surface area contributed by atoms with Crippen molar-refractivity contribution in [2.75, 3.05) is 40.3 Å². The van der Waals surface area contributed by atoms with Crippen molar-refractivity contribution in [2.45, 2.75) is 32.3 Å². The van der Waals surface area contributed by atoms with Crippen LogP contribution in [0, 0.1) is 5.92 Å². The van der Waals surface area contributed by atoms with Crippen molar-refractivity contribution >= 4 is 0 Å². The van der Waals surface area contributed by atoms with Crippen LogP contribution in [-0.2, 0) is 4.74 Å². The topological polar surface area (TPSA) is 24.5 Å². The van der Waals surface area contributed by atoms with E-state index in [4.69, 9.17) is 4.74 Å². The molecular weight excluding hydrogens is 188 g/mol. The highest BCUT2D eigenvalue weighted by molar-refractivity contribution is 4.76. The first-order chi connectivity index (χ1) is 7.03. The monoisotopic (exact) mass is 214 g/mol. The molecule has 0 aromatic carbocycles. The highest BCUT2D eigenvalue weighted by Gasteiger charge is 2.19. The summed E-state index contributed by atoms with van der Waals surface area (Å²) in [6.07, 6.45) is 2.71. The molecule has 1 atom stereocenters. The van der Waals surface area contributed by atoms with Crippen LogP contribution in [0.5, 0.6) is 0 Å². The van der Waals surface area contributed by atoms with Crippen LogP contribution in [0.4, 0.5) is 0 Å². The van der Waals surface area contributed by atoms with Crippen LogP contribution in [0.3, 0.4) is 0 Å². The molecule has 1 fully saturated rings. The van der Waals surface area contributed by atoms with E-state index >= 15 is 0 Å². The van der Waals surface area contributed by atoms with Gasteiger partial charge in [0.05, 0.1) is 5.60 Å². The standard InChI is InChI=1S/C12H26N2O/c1-12(2,15-4)10-13-8-11-6-5-7-14(3)9-11/h11,13H,5-10H2,1-4H3. The smallest absolute Gasteiger partial charge is 0.0746 e. The SMILES string of the molecule is COC(C)(C)CNCC1CCCN(C)C1. The van der Waals surface area contributed by atoms with Crippen LogP contribution < -0.4 is 5.32 Å². The molecule has 0 amide bonds. The number of likely N-dealkylation sites (tertiary alicyclic amines) is 1. The van der Waals surface area contributed by atoms with E-state index in [0.717, 1.165) is 19.0 Å². The van der Waals surface area contributed by atoms with Crippen molar-refractivity contribution in [3.05, 3.63) is 0 Å². The molecule has 0 aromatic rings. The van der Waals surface area contributed by atoms with Crippen LogP contribution >= 0.6 is 0 Å². The number of nitrogens with zero attached hydrogens (tertiary/aromatic N) is 1. The highest BCUT2D eigenvalue weighted by atomic mass is 16.5. The molecule has 1 heterocycles. The van der Waals surface area contributed by atoms with E-state index < -0.39 is 0 Å². The minimum absolute atomic E-state index is 0.0411. The second kappa shape index (κ2) is 5.83. The molecule has 1 saturated heterocycles. The van der Waals surface area contributed by atoms with E-state index in [-0.39, 0.29) is 5.60 Å². The Bertz CT molecular complexity index is 182. The summed E-state index contributed by atoms with van der Waals surface area (Å²) in [4.78, 5) is 2.43. The van der Waals surface area contributed by atoms with Crippen LogP contribution in [0.25, 0.3) is 0 Å². The van der Waals surface area contributed by atoms with Crippen molar-refractivity contribution in [3.63, 3.8) is 0 Å². The third kappa shape index (κ3) is 4.96. The third-order valence-corrected chi connectivity index (χ3v) is 3.26. The Labute approximate surface area is 94.2 Å². The number of piperidine rings is 1. The van der Waals surface area contributed by atoms with Gasteiger partial charge in [0.15, 0.2) is 0 Å². The number of rotatable bonds is 5. The van der Waals surface area contributed by atoms with Gasteiger partial charge in [-0.25, -0.2) is 0 Å². The van der Waals surface area contributed by atoms with Gasteiger partial charge in [-0.2, -0.15) is 0 Å². The molecule has 0 radical (unpaired) electrons. The van der Waals surface area contributed by atoms with Gasteiger partial charge in [0, 0.05) is 20.2 Å². The van der Waals surface area contributed by atoms with Crippen LogP contribution in [-0.4, -0.2) is 50.8 Å². The molecule has 0 spiro atoms. The third-order valence-electron chi connectivity index (χ3n) is 3.26. The van der Waals surface area contributed by atoms with Gasteiger partial charge in [0.25, 0.3) is 0 Å². The summed E-state index contributed by atoms with van der Waals surface area (Å²) in [5, 5.41) is 3.52. The fourth-order valence-electron chi connectivity index (χ4n) is 2.09. The van der Waals surface area contributed by atoms with E-state index in [2.05, 4.69) is 31.1 Å². The number of methoxy groups -OCH3 is 1. The molecule has 0 bridgehead atoms. The number of hydrogen-bond acceptors (Lipinski definition) is 3. The van der Waals surface area contributed by atoms with E-state index in [1.165, 1.54) is 25.9 Å². The average Bonchev–Trinajstić information content (AvgIpc) is 2.18. The second-order valence-corrected chi connectivity index (χ2v) is 5.37. The van der Waals surface area contributed by atoms with Gasteiger partial charge < -0.3 is 15.0 Å². The Morgan fingerprint density at radius 2 is 2.20 bits per heavy atom. The summed E-state index contributed by atoms with van der Waals surface area (Å²) in [6, 6.07) is 0. The van der Waals surface area contributed by atoms with Gasteiger partial charge in [0.1, 0.15) is 0 Å². The fraction of sp³-hybridized carbons (Fsp3) is 1.00.